The molecule has 0 atom stereocenters. The van der Waals surface area contributed by atoms with E-state index in [2.05, 4.69) is 20.6 Å². The van der Waals surface area contributed by atoms with Gasteiger partial charge in [-0.1, -0.05) is 17.3 Å². The number of rotatable bonds is 5. The minimum atomic E-state index is -0.493. The van der Waals surface area contributed by atoms with Gasteiger partial charge in [-0.25, -0.2) is 14.1 Å². The number of carbonyl (C=O) groups is 1. The smallest absolute Gasteiger partial charge is 0.277 e. The third kappa shape index (κ3) is 3.50. The largest absolute Gasteiger partial charge is 0.326 e. The van der Waals surface area contributed by atoms with Gasteiger partial charge in [0.2, 0.25) is 5.91 Å². The maximum Gasteiger partial charge on any atom is 0.277 e. The highest BCUT2D eigenvalue weighted by Crippen LogP contribution is 2.18. The summed E-state index contributed by atoms with van der Waals surface area (Å²) >= 11 is 0. The number of carbonyl (C=O) groups excluding carboxylic acids is 1. The number of benzene rings is 2. The van der Waals surface area contributed by atoms with Crippen molar-refractivity contribution in [2.24, 2.45) is 0 Å². The first-order chi connectivity index (χ1) is 13.6. The number of hydrogen-bond acceptors (Lipinski definition) is 5. The summed E-state index contributed by atoms with van der Waals surface area (Å²) < 4.78 is 16.9. The van der Waals surface area contributed by atoms with E-state index >= 15 is 0 Å². The Labute approximate surface area is 158 Å². The first-order valence-electron chi connectivity index (χ1n) is 8.52. The first-order valence-corrected chi connectivity index (χ1v) is 8.52. The van der Waals surface area contributed by atoms with Gasteiger partial charge in [-0.15, -0.1) is 5.10 Å². The van der Waals surface area contributed by atoms with Gasteiger partial charge in [-0.05, 0) is 30.3 Å². The molecule has 0 aliphatic rings. The van der Waals surface area contributed by atoms with Gasteiger partial charge in [-0.3, -0.25) is 9.59 Å². The van der Waals surface area contributed by atoms with Gasteiger partial charge in [0.05, 0.1) is 23.9 Å². The van der Waals surface area contributed by atoms with Crippen molar-refractivity contribution >= 4 is 22.5 Å². The van der Waals surface area contributed by atoms with E-state index in [0.717, 1.165) is 4.68 Å². The number of amides is 1. The molecule has 0 radical (unpaired) electrons. The van der Waals surface area contributed by atoms with E-state index < -0.39 is 5.82 Å². The molecule has 0 unspecified atom stereocenters. The number of aryl methyl sites for hydroxylation is 1. The first kappa shape index (κ1) is 17.5. The van der Waals surface area contributed by atoms with Crippen LogP contribution in [0, 0.1) is 5.82 Å². The molecule has 2 aromatic heterocycles. The molecule has 0 aliphatic heterocycles. The van der Waals surface area contributed by atoms with Gasteiger partial charge in [0.25, 0.3) is 5.56 Å². The lowest BCUT2D eigenvalue weighted by Gasteiger charge is -2.09. The fraction of sp³-hybridized carbons (Fsp3) is 0.105. The molecule has 0 bridgehead atoms. The van der Waals surface area contributed by atoms with Crippen LogP contribution in [0.3, 0.4) is 0 Å². The molecule has 1 amide bonds. The zero-order chi connectivity index (χ0) is 19.5. The normalized spacial score (nSPS) is 10.9. The van der Waals surface area contributed by atoms with Crippen LogP contribution in [0.15, 0.2) is 66.0 Å². The van der Waals surface area contributed by atoms with Crippen LogP contribution < -0.4 is 10.9 Å². The molecule has 0 saturated carbocycles. The molecular weight excluding hydrogens is 363 g/mol. The highest BCUT2D eigenvalue weighted by Gasteiger charge is 2.10. The summed E-state index contributed by atoms with van der Waals surface area (Å²) in [5, 5.41) is 10.9. The number of anilines is 1. The monoisotopic (exact) mass is 378 g/mol. The quantitative estimate of drug-likeness (QED) is 0.574. The van der Waals surface area contributed by atoms with Crippen molar-refractivity contribution in [1.29, 1.82) is 0 Å². The highest BCUT2D eigenvalue weighted by molar-refractivity contribution is 5.90. The predicted octanol–water partition coefficient (Wildman–Crippen LogP) is 2.15. The molecule has 0 saturated heterocycles. The standard InChI is InChI=1S/C19H15FN6O2/c20-15-11-13(5-6-17(15)25-10-8-21-12-25)22-18(27)7-9-26-19(28)14-3-1-2-4-16(14)23-24-26/h1-6,8,10-12H,7,9H2,(H,22,27). The van der Waals surface area contributed by atoms with Crippen LogP contribution in [-0.4, -0.2) is 30.5 Å². The topological polar surface area (TPSA) is 94.7 Å². The summed E-state index contributed by atoms with van der Waals surface area (Å²) in [5.41, 5.74) is 0.840. The van der Waals surface area contributed by atoms with Crippen molar-refractivity contribution in [3.8, 4) is 5.69 Å². The zero-order valence-corrected chi connectivity index (χ0v) is 14.6. The third-order valence-electron chi connectivity index (χ3n) is 4.19. The number of nitrogens with one attached hydrogen (secondary N) is 1. The molecule has 8 nitrogen and oxygen atoms in total. The van der Waals surface area contributed by atoms with Gasteiger partial charge < -0.3 is 9.88 Å². The van der Waals surface area contributed by atoms with Gasteiger partial charge >= 0.3 is 0 Å². The molecule has 2 heterocycles. The van der Waals surface area contributed by atoms with E-state index in [1.807, 2.05) is 0 Å². The van der Waals surface area contributed by atoms with Crippen molar-refractivity contribution in [2.45, 2.75) is 13.0 Å². The van der Waals surface area contributed by atoms with Gasteiger partial charge in [0, 0.05) is 24.5 Å². The Hall–Kier alpha value is -3.88. The second kappa shape index (κ2) is 7.39. The molecule has 0 aliphatic carbocycles. The molecular formula is C19H15FN6O2. The van der Waals surface area contributed by atoms with Gasteiger partial charge in [0.1, 0.15) is 11.3 Å². The van der Waals surface area contributed by atoms with Crippen molar-refractivity contribution in [2.75, 3.05) is 5.32 Å². The van der Waals surface area contributed by atoms with E-state index in [0.29, 0.717) is 22.3 Å². The van der Waals surface area contributed by atoms with Crippen LogP contribution in [0.25, 0.3) is 16.6 Å². The number of halogens is 1. The van der Waals surface area contributed by atoms with Crippen molar-refractivity contribution in [3.05, 3.63) is 77.4 Å². The Bertz CT molecular complexity index is 1200. The molecule has 4 aromatic rings. The summed E-state index contributed by atoms with van der Waals surface area (Å²) in [4.78, 5) is 28.4. The summed E-state index contributed by atoms with van der Waals surface area (Å²) in [6.45, 7) is 0.0676. The molecule has 0 spiro atoms. The van der Waals surface area contributed by atoms with Crippen LogP contribution in [0.4, 0.5) is 10.1 Å². The Kier molecular flexibility index (Phi) is 4.63. The molecule has 0 fully saturated rings. The number of nitrogens with zero attached hydrogens (tertiary/aromatic N) is 5. The van der Waals surface area contributed by atoms with Crippen molar-refractivity contribution < 1.29 is 9.18 Å². The van der Waals surface area contributed by atoms with Gasteiger partial charge in [0.15, 0.2) is 0 Å². The van der Waals surface area contributed by atoms with Crippen molar-refractivity contribution in [1.82, 2.24) is 24.5 Å². The number of imidazole rings is 1. The Morgan fingerprint density at radius 3 is 2.82 bits per heavy atom. The molecule has 140 valence electrons. The minimum absolute atomic E-state index is 0.00216. The van der Waals surface area contributed by atoms with E-state index in [1.54, 1.807) is 48.8 Å². The lowest BCUT2D eigenvalue weighted by molar-refractivity contribution is -0.116. The molecule has 2 aromatic carbocycles. The average Bonchev–Trinajstić information content (AvgIpc) is 3.22. The number of aromatic nitrogens is 5. The summed E-state index contributed by atoms with van der Waals surface area (Å²) in [5.74, 6) is -0.857. The number of hydrogen-bond donors (Lipinski definition) is 1. The second-order valence-electron chi connectivity index (χ2n) is 6.07. The van der Waals surface area contributed by atoms with Crippen LogP contribution in [0.1, 0.15) is 6.42 Å². The average molecular weight is 378 g/mol. The lowest BCUT2D eigenvalue weighted by Crippen LogP contribution is -2.26. The SMILES string of the molecule is O=C(CCn1nnc2ccccc2c1=O)Nc1ccc(-n2ccnc2)c(F)c1. The Morgan fingerprint density at radius 1 is 1.18 bits per heavy atom. The van der Waals surface area contributed by atoms with Crippen LogP contribution in [0.2, 0.25) is 0 Å². The van der Waals surface area contributed by atoms with E-state index in [-0.39, 0.29) is 24.4 Å². The molecule has 1 N–H and O–H groups in total. The molecule has 28 heavy (non-hydrogen) atoms. The Morgan fingerprint density at radius 2 is 2.04 bits per heavy atom. The fourth-order valence-corrected chi connectivity index (χ4v) is 2.80. The molecule has 9 heteroatoms. The third-order valence-corrected chi connectivity index (χ3v) is 4.19. The van der Waals surface area contributed by atoms with Gasteiger partial charge in [-0.2, -0.15) is 0 Å². The van der Waals surface area contributed by atoms with Crippen LogP contribution in [0.5, 0.6) is 0 Å². The molecule has 4 rings (SSSR count). The van der Waals surface area contributed by atoms with E-state index in [9.17, 15) is 14.0 Å². The summed E-state index contributed by atoms with van der Waals surface area (Å²) in [6.07, 6.45) is 4.66. The fourth-order valence-electron chi connectivity index (χ4n) is 2.80. The number of fused-ring (bicyclic) bond motifs is 1. The van der Waals surface area contributed by atoms with E-state index in [1.165, 1.54) is 17.0 Å². The maximum absolute atomic E-state index is 14.3. The predicted molar refractivity (Wildman–Crippen MR) is 101 cm³/mol. The van der Waals surface area contributed by atoms with Crippen LogP contribution in [-0.2, 0) is 11.3 Å². The summed E-state index contributed by atoms with van der Waals surface area (Å²) in [6, 6.07) is 11.2. The minimum Gasteiger partial charge on any atom is -0.326 e. The maximum atomic E-state index is 14.3. The van der Waals surface area contributed by atoms with E-state index in [4.69, 9.17) is 0 Å². The van der Waals surface area contributed by atoms with Crippen molar-refractivity contribution in [3.63, 3.8) is 0 Å². The second-order valence-corrected chi connectivity index (χ2v) is 6.07. The Balaban J connectivity index is 1.43. The van der Waals surface area contributed by atoms with Crippen LogP contribution >= 0.6 is 0 Å². The highest BCUT2D eigenvalue weighted by atomic mass is 19.1. The lowest BCUT2D eigenvalue weighted by atomic mass is 10.2. The zero-order valence-electron chi connectivity index (χ0n) is 14.6. The summed E-state index contributed by atoms with van der Waals surface area (Å²) in [7, 11) is 0.